The first-order valence-electron chi connectivity index (χ1n) is 6.27. The smallest absolute Gasteiger partial charge is 0.324 e. The first-order valence-corrected chi connectivity index (χ1v) is 6.61. The molecule has 2 saturated carbocycles. The second-order valence-corrected chi connectivity index (χ2v) is 5.88. The number of hydrogen-bond acceptors (Lipinski definition) is 3. The third-order valence-corrected chi connectivity index (χ3v) is 5.13. The second kappa shape index (κ2) is 3.61. The van der Waals surface area contributed by atoms with Gasteiger partial charge in [0, 0.05) is 6.54 Å². The normalized spacial score (nSPS) is 40.0. The van der Waals surface area contributed by atoms with Crippen LogP contribution in [0.25, 0.3) is 0 Å². The summed E-state index contributed by atoms with van der Waals surface area (Å²) in [6.07, 6.45) is 5.13. The third-order valence-electron chi connectivity index (χ3n) is 4.78. The molecule has 0 bridgehead atoms. The molecule has 1 spiro atoms. The topological polar surface area (TPSA) is 29.5 Å². The molecule has 4 heteroatoms. The quantitative estimate of drug-likeness (QED) is 0.550. The molecule has 1 heterocycles. The summed E-state index contributed by atoms with van der Waals surface area (Å²) in [5.74, 6) is 0.959. The molecule has 0 N–H and O–H groups in total. The van der Waals surface area contributed by atoms with Gasteiger partial charge in [0.1, 0.15) is 6.04 Å². The van der Waals surface area contributed by atoms with Crippen LogP contribution in [0.3, 0.4) is 0 Å². The molecule has 0 radical (unpaired) electrons. The lowest BCUT2D eigenvalue weighted by Gasteiger charge is -2.19. The summed E-state index contributed by atoms with van der Waals surface area (Å²) in [4.78, 5) is 11.9. The van der Waals surface area contributed by atoms with Crippen LogP contribution in [-0.2, 0) is 9.53 Å². The molecule has 0 unspecified atom stereocenters. The molecule has 3 atom stereocenters. The van der Waals surface area contributed by atoms with Crippen LogP contribution in [0.2, 0.25) is 0 Å². The summed E-state index contributed by atoms with van der Waals surface area (Å²) < 4.78 is 6.83. The largest absolute Gasteiger partial charge is 0.465 e. The van der Waals surface area contributed by atoms with Gasteiger partial charge in [-0.05, 0) is 61.6 Å². The van der Waals surface area contributed by atoms with Crippen LogP contribution in [0.1, 0.15) is 32.6 Å². The van der Waals surface area contributed by atoms with E-state index in [0.717, 1.165) is 13.0 Å². The Morgan fingerprint density at radius 3 is 2.88 bits per heavy atom. The van der Waals surface area contributed by atoms with Gasteiger partial charge in [-0.25, -0.2) is 4.42 Å². The van der Waals surface area contributed by atoms with Gasteiger partial charge in [-0.3, -0.25) is 4.79 Å². The van der Waals surface area contributed by atoms with Crippen LogP contribution in [0, 0.1) is 17.3 Å². The average molecular weight is 244 g/mol. The van der Waals surface area contributed by atoms with E-state index in [0.29, 0.717) is 23.9 Å². The molecule has 90 valence electrons. The number of carbonyl (C=O) groups is 1. The summed E-state index contributed by atoms with van der Waals surface area (Å²) in [5, 5.41) is 0. The van der Waals surface area contributed by atoms with Gasteiger partial charge in [0.25, 0.3) is 0 Å². The maximum atomic E-state index is 11.9. The van der Waals surface area contributed by atoms with Crippen LogP contribution in [0.5, 0.6) is 0 Å². The second-order valence-electron chi connectivity index (χ2n) is 5.45. The van der Waals surface area contributed by atoms with Crippen molar-refractivity contribution in [2.24, 2.45) is 17.3 Å². The molecule has 3 fully saturated rings. The monoisotopic (exact) mass is 243 g/mol. The van der Waals surface area contributed by atoms with Crippen molar-refractivity contribution in [2.75, 3.05) is 13.2 Å². The molecule has 1 aliphatic heterocycles. The van der Waals surface area contributed by atoms with Gasteiger partial charge in [-0.15, -0.1) is 0 Å². The van der Waals surface area contributed by atoms with E-state index < -0.39 is 0 Å². The highest BCUT2D eigenvalue weighted by Crippen LogP contribution is 2.66. The van der Waals surface area contributed by atoms with E-state index in [1.165, 1.54) is 19.3 Å². The van der Waals surface area contributed by atoms with Crippen molar-refractivity contribution in [3.63, 3.8) is 0 Å². The minimum Gasteiger partial charge on any atom is -0.465 e. The zero-order valence-corrected chi connectivity index (χ0v) is 10.4. The van der Waals surface area contributed by atoms with Crippen molar-refractivity contribution in [3.8, 4) is 0 Å². The van der Waals surface area contributed by atoms with Gasteiger partial charge in [0.2, 0.25) is 0 Å². The summed E-state index contributed by atoms with van der Waals surface area (Å²) in [5.41, 5.74) is 0.555. The standard InChI is InChI=1S/C12H18ClNO2/c1-2-16-11(15)10-8-3-4-12(5-6-12)9(8)7-14(10)13/h8-10H,2-7H2,1H3/t8-,9-,10-/m0/s1. The number of rotatable bonds is 2. The van der Waals surface area contributed by atoms with Gasteiger partial charge < -0.3 is 4.74 Å². The minimum atomic E-state index is -0.188. The van der Waals surface area contributed by atoms with Gasteiger partial charge >= 0.3 is 5.97 Å². The van der Waals surface area contributed by atoms with Crippen molar-refractivity contribution in [1.82, 2.24) is 4.42 Å². The summed E-state index contributed by atoms with van der Waals surface area (Å²) >= 11 is 6.20. The Labute approximate surface area is 101 Å². The van der Waals surface area contributed by atoms with Crippen LogP contribution in [-0.4, -0.2) is 29.6 Å². The maximum absolute atomic E-state index is 11.9. The summed E-state index contributed by atoms with van der Waals surface area (Å²) in [6.45, 7) is 3.16. The molecule has 2 aliphatic carbocycles. The third kappa shape index (κ3) is 1.41. The van der Waals surface area contributed by atoms with Gasteiger partial charge in [-0.2, -0.15) is 0 Å². The molecule has 3 nitrogen and oxygen atoms in total. The van der Waals surface area contributed by atoms with Gasteiger partial charge in [0.05, 0.1) is 6.61 Å². The van der Waals surface area contributed by atoms with Crippen LogP contribution >= 0.6 is 11.8 Å². The number of halogens is 1. The van der Waals surface area contributed by atoms with Crippen molar-refractivity contribution in [1.29, 1.82) is 0 Å². The molecular formula is C12H18ClNO2. The Bertz CT molecular complexity index is 316. The zero-order valence-electron chi connectivity index (χ0n) is 9.62. The van der Waals surface area contributed by atoms with Gasteiger partial charge in [-0.1, -0.05) is 0 Å². The van der Waals surface area contributed by atoms with Crippen LogP contribution in [0.15, 0.2) is 0 Å². The molecule has 1 saturated heterocycles. The fourth-order valence-corrected chi connectivity index (χ4v) is 4.18. The number of nitrogens with zero attached hydrogens (tertiary/aromatic N) is 1. The lowest BCUT2D eigenvalue weighted by molar-refractivity contribution is -0.148. The van der Waals surface area contributed by atoms with Gasteiger partial charge in [0.15, 0.2) is 0 Å². The summed E-state index contributed by atoms with van der Waals surface area (Å²) in [7, 11) is 0. The van der Waals surface area contributed by atoms with E-state index in [9.17, 15) is 4.79 Å². The fourth-order valence-electron chi connectivity index (χ4n) is 3.81. The molecule has 3 rings (SSSR count). The lowest BCUT2D eigenvalue weighted by Crippen LogP contribution is -2.35. The first-order chi connectivity index (χ1) is 7.68. The zero-order chi connectivity index (χ0) is 11.3. The Balaban J connectivity index is 1.77. The van der Waals surface area contributed by atoms with E-state index in [2.05, 4.69) is 0 Å². The first kappa shape index (κ1) is 10.8. The number of fused-ring (bicyclic) bond motifs is 2. The average Bonchev–Trinajstić information content (AvgIpc) is 2.85. The number of carbonyl (C=O) groups excluding carboxylic acids is 1. The molecule has 0 aromatic heterocycles. The summed E-state index contributed by atoms with van der Waals surface area (Å²) in [6, 6.07) is -0.188. The van der Waals surface area contributed by atoms with E-state index in [-0.39, 0.29) is 12.0 Å². The highest BCUT2D eigenvalue weighted by Gasteiger charge is 2.62. The van der Waals surface area contributed by atoms with E-state index >= 15 is 0 Å². The Morgan fingerprint density at radius 2 is 2.25 bits per heavy atom. The van der Waals surface area contributed by atoms with Crippen LogP contribution < -0.4 is 0 Å². The van der Waals surface area contributed by atoms with Crippen LogP contribution in [0.4, 0.5) is 0 Å². The number of ether oxygens (including phenoxy) is 1. The molecule has 3 aliphatic rings. The van der Waals surface area contributed by atoms with Crippen molar-refractivity contribution >= 4 is 17.7 Å². The maximum Gasteiger partial charge on any atom is 0.324 e. The van der Waals surface area contributed by atoms with Crippen molar-refractivity contribution in [2.45, 2.75) is 38.6 Å². The van der Waals surface area contributed by atoms with E-state index in [1.807, 2.05) is 6.92 Å². The van der Waals surface area contributed by atoms with E-state index in [4.69, 9.17) is 16.5 Å². The Hall–Kier alpha value is -0.280. The molecule has 0 amide bonds. The molecule has 0 aromatic carbocycles. The highest BCUT2D eigenvalue weighted by molar-refractivity contribution is 6.15. The Kier molecular flexibility index (Phi) is 2.44. The molecule has 16 heavy (non-hydrogen) atoms. The van der Waals surface area contributed by atoms with Crippen molar-refractivity contribution in [3.05, 3.63) is 0 Å². The molecule has 0 aromatic rings. The SMILES string of the molecule is CCOC(=O)[C@@H]1[C@H]2CCC3(CC3)[C@H]2CN1Cl. The lowest BCUT2D eigenvalue weighted by atomic mass is 9.87. The van der Waals surface area contributed by atoms with Crippen molar-refractivity contribution < 1.29 is 9.53 Å². The predicted octanol–water partition coefficient (Wildman–Crippen LogP) is 2.19. The predicted molar refractivity (Wildman–Crippen MR) is 60.9 cm³/mol. The fraction of sp³-hybridized carbons (Fsp3) is 0.917. The molecular weight excluding hydrogens is 226 g/mol. The number of esters is 1. The highest BCUT2D eigenvalue weighted by atomic mass is 35.5. The minimum absolute atomic E-state index is 0.122. The Morgan fingerprint density at radius 1 is 1.50 bits per heavy atom. The number of hydrogen-bond donors (Lipinski definition) is 0. The van der Waals surface area contributed by atoms with E-state index in [1.54, 1.807) is 4.42 Å².